The maximum atomic E-state index is 12.3. The van der Waals surface area contributed by atoms with E-state index in [1.165, 1.54) is 6.07 Å². The van der Waals surface area contributed by atoms with Crippen LogP contribution >= 0.6 is 22.6 Å². The molecular formula is C7H7F2IN2. The van der Waals surface area contributed by atoms with Crippen LogP contribution in [0.1, 0.15) is 12.0 Å². The SMILES string of the molecule is NNc1cccc(C(F)F)c1I. The molecule has 0 saturated carbocycles. The first-order valence-electron chi connectivity index (χ1n) is 3.20. The highest BCUT2D eigenvalue weighted by molar-refractivity contribution is 14.1. The van der Waals surface area contributed by atoms with E-state index in [1.54, 1.807) is 12.1 Å². The van der Waals surface area contributed by atoms with E-state index < -0.39 is 6.43 Å². The van der Waals surface area contributed by atoms with E-state index in [9.17, 15) is 8.78 Å². The quantitative estimate of drug-likeness (QED) is 0.497. The van der Waals surface area contributed by atoms with Gasteiger partial charge < -0.3 is 5.43 Å². The van der Waals surface area contributed by atoms with Crippen molar-refractivity contribution in [2.45, 2.75) is 6.43 Å². The molecule has 1 aromatic rings. The largest absolute Gasteiger partial charge is 0.323 e. The first kappa shape index (κ1) is 9.66. The average molecular weight is 284 g/mol. The second-order valence-electron chi connectivity index (χ2n) is 2.15. The van der Waals surface area contributed by atoms with Crippen molar-refractivity contribution >= 4 is 28.3 Å². The van der Waals surface area contributed by atoms with Crippen LogP contribution in [0.5, 0.6) is 0 Å². The number of hydrogen-bond acceptors (Lipinski definition) is 2. The maximum Gasteiger partial charge on any atom is 0.264 e. The van der Waals surface area contributed by atoms with Crippen LogP contribution in [-0.2, 0) is 0 Å². The van der Waals surface area contributed by atoms with Gasteiger partial charge in [-0.1, -0.05) is 12.1 Å². The van der Waals surface area contributed by atoms with Crippen molar-refractivity contribution in [1.29, 1.82) is 0 Å². The zero-order chi connectivity index (χ0) is 9.14. The first-order valence-corrected chi connectivity index (χ1v) is 4.28. The van der Waals surface area contributed by atoms with E-state index in [2.05, 4.69) is 5.43 Å². The Bertz CT molecular complexity index is 278. The highest BCUT2D eigenvalue weighted by Crippen LogP contribution is 2.28. The number of nitrogens with two attached hydrogens (primary N) is 1. The zero-order valence-corrected chi connectivity index (χ0v) is 8.18. The molecule has 0 aliphatic carbocycles. The first-order chi connectivity index (χ1) is 5.66. The maximum absolute atomic E-state index is 12.3. The Morgan fingerprint density at radius 1 is 1.42 bits per heavy atom. The lowest BCUT2D eigenvalue weighted by Crippen LogP contribution is -2.09. The summed E-state index contributed by atoms with van der Waals surface area (Å²) < 4.78 is 25.0. The number of hydrazine groups is 1. The molecule has 0 aliphatic rings. The van der Waals surface area contributed by atoms with Gasteiger partial charge in [0.05, 0.1) is 5.69 Å². The Kier molecular flexibility index (Phi) is 3.21. The molecule has 5 heteroatoms. The number of anilines is 1. The summed E-state index contributed by atoms with van der Waals surface area (Å²) >= 11 is 1.83. The standard InChI is InChI=1S/C7H7F2IN2/c8-7(9)4-2-1-3-5(12-11)6(4)10/h1-3,7,12H,11H2. The summed E-state index contributed by atoms with van der Waals surface area (Å²) in [5.74, 6) is 5.12. The molecule has 0 unspecified atom stereocenters. The van der Waals surface area contributed by atoms with Gasteiger partial charge in [0.2, 0.25) is 0 Å². The van der Waals surface area contributed by atoms with Gasteiger partial charge in [-0.05, 0) is 28.7 Å². The van der Waals surface area contributed by atoms with Crippen LogP contribution in [0.2, 0.25) is 0 Å². The molecule has 0 radical (unpaired) electrons. The van der Waals surface area contributed by atoms with E-state index in [-0.39, 0.29) is 5.56 Å². The minimum atomic E-state index is -2.45. The number of benzene rings is 1. The lowest BCUT2D eigenvalue weighted by molar-refractivity contribution is 0.150. The second-order valence-corrected chi connectivity index (χ2v) is 3.23. The minimum absolute atomic E-state index is 0.00560. The Morgan fingerprint density at radius 3 is 2.58 bits per heavy atom. The minimum Gasteiger partial charge on any atom is -0.323 e. The molecular weight excluding hydrogens is 277 g/mol. The lowest BCUT2D eigenvalue weighted by atomic mass is 10.2. The van der Waals surface area contributed by atoms with Crippen LogP contribution in [-0.4, -0.2) is 0 Å². The molecule has 0 heterocycles. The summed E-state index contributed by atoms with van der Waals surface area (Å²) in [5, 5.41) is 0. The number of rotatable bonds is 2. The van der Waals surface area contributed by atoms with Crippen molar-refractivity contribution in [2.24, 2.45) is 5.84 Å². The van der Waals surface area contributed by atoms with Crippen LogP contribution in [0.15, 0.2) is 18.2 Å². The smallest absolute Gasteiger partial charge is 0.264 e. The predicted octanol–water partition coefficient (Wildman–Crippen LogP) is 2.51. The third-order valence-corrected chi connectivity index (χ3v) is 2.62. The summed E-state index contributed by atoms with van der Waals surface area (Å²) in [4.78, 5) is 0. The molecule has 0 saturated heterocycles. The second kappa shape index (κ2) is 3.99. The molecule has 0 amide bonds. The van der Waals surface area contributed by atoms with E-state index in [0.717, 1.165) is 0 Å². The summed E-state index contributed by atoms with van der Waals surface area (Å²) in [5.41, 5.74) is 2.88. The van der Waals surface area contributed by atoms with Gasteiger partial charge in [-0.25, -0.2) is 8.78 Å². The third-order valence-electron chi connectivity index (χ3n) is 1.42. The van der Waals surface area contributed by atoms with Gasteiger partial charge in [-0.2, -0.15) is 0 Å². The van der Waals surface area contributed by atoms with Gasteiger partial charge in [0, 0.05) is 9.13 Å². The van der Waals surface area contributed by atoms with Crippen molar-refractivity contribution in [2.75, 3.05) is 5.43 Å². The Labute approximate surface area is 82.2 Å². The number of nitrogens with one attached hydrogen (secondary N) is 1. The molecule has 2 nitrogen and oxygen atoms in total. The van der Waals surface area contributed by atoms with Gasteiger partial charge in [0.1, 0.15) is 0 Å². The van der Waals surface area contributed by atoms with Crippen molar-refractivity contribution in [3.8, 4) is 0 Å². The number of alkyl halides is 2. The van der Waals surface area contributed by atoms with Gasteiger partial charge in [-0.15, -0.1) is 0 Å². The Balaban J connectivity index is 3.14. The molecule has 0 fully saturated rings. The molecule has 66 valence electrons. The zero-order valence-electron chi connectivity index (χ0n) is 6.02. The van der Waals surface area contributed by atoms with E-state index >= 15 is 0 Å². The topological polar surface area (TPSA) is 38.0 Å². The van der Waals surface area contributed by atoms with Crippen molar-refractivity contribution in [3.05, 3.63) is 27.3 Å². The summed E-state index contributed by atoms with van der Waals surface area (Å²) in [7, 11) is 0. The molecule has 0 aromatic heterocycles. The lowest BCUT2D eigenvalue weighted by Gasteiger charge is -2.07. The van der Waals surface area contributed by atoms with Gasteiger partial charge in [0.25, 0.3) is 6.43 Å². The Morgan fingerprint density at radius 2 is 2.08 bits per heavy atom. The highest BCUT2D eigenvalue weighted by Gasteiger charge is 2.12. The van der Waals surface area contributed by atoms with E-state index in [4.69, 9.17) is 5.84 Å². The van der Waals surface area contributed by atoms with Crippen LogP contribution in [0.4, 0.5) is 14.5 Å². The third kappa shape index (κ3) is 1.84. The van der Waals surface area contributed by atoms with Crippen LogP contribution in [0.3, 0.4) is 0 Å². The molecule has 3 N–H and O–H groups in total. The van der Waals surface area contributed by atoms with Gasteiger partial charge >= 0.3 is 0 Å². The number of hydrogen-bond donors (Lipinski definition) is 2. The summed E-state index contributed by atoms with van der Waals surface area (Å²) in [6, 6.07) is 4.57. The number of halogens is 3. The molecule has 1 aromatic carbocycles. The molecule has 0 bridgehead atoms. The summed E-state index contributed by atoms with van der Waals surface area (Å²) in [6.07, 6.45) is -2.45. The molecule has 0 atom stereocenters. The van der Waals surface area contributed by atoms with Crippen molar-refractivity contribution in [3.63, 3.8) is 0 Å². The molecule has 0 spiro atoms. The monoisotopic (exact) mass is 284 g/mol. The van der Waals surface area contributed by atoms with E-state index in [1.807, 2.05) is 22.6 Å². The molecule has 12 heavy (non-hydrogen) atoms. The Hall–Kier alpha value is -0.430. The highest BCUT2D eigenvalue weighted by atomic mass is 127. The van der Waals surface area contributed by atoms with E-state index in [0.29, 0.717) is 9.26 Å². The van der Waals surface area contributed by atoms with Crippen molar-refractivity contribution < 1.29 is 8.78 Å². The fourth-order valence-electron chi connectivity index (χ4n) is 0.830. The van der Waals surface area contributed by atoms with Crippen LogP contribution < -0.4 is 11.3 Å². The van der Waals surface area contributed by atoms with Crippen LogP contribution in [0, 0.1) is 3.57 Å². The summed E-state index contributed by atoms with van der Waals surface area (Å²) in [6.45, 7) is 0. The molecule has 0 aliphatic heterocycles. The molecule has 1 rings (SSSR count). The normalized spacial score (nSPS) is 10.4. The average Bonchev–Trinajstić information content (AvgIpc) is 2.04. The number of nitrogen functional groups attached to an aromatic ring is 1. The van der Waals surface area contributed by atoms with Crippen LogP contribution in [0.25, 0.3) is 0 Å². The van der Waals surface area contributed by atoms with Crippen molar-refractivity contribution in [1.82, 2.24) is 0 Å². The fraction of sp³-hybridized carbons (Fsp3) is 0.143. The predicted molar refractivity (Wildman–Crippen MR) is 51.9 cm³/mol. The van der Waals surface area contributed by atoms with Gasteiger partial charge in [-0.3, -0.25) is 5.84 Å². The van der Waals surface area contributed by atoms with Gasteiger partial charge in [0.15, 0.2) is 0 Å². The fourth-order valence-corrected chi connectivity index (χ4v) is 1.58.